The molecule has 1 unspecified atom stereocenters. The van der Waals surface area contributed by atoms with Crippen molar-refractivity contribution in [3.05, 3.63) is 18.1 Å². The summed E-state index contributed by atoms with van der Waals surface area (Å²) in [7, 11) is 0. The van der Waals surface area contributed by atoms with Gasteiger partial charge in [-0.15, -0.1) is 0 Å². The minimum Gasteiger partial charge on any atom is -0.353 e. The number of nitrogens with zero attached hydrogens (tertiary/aromatic N) is 3. The largest absolute Gasteiger partial charge is 0.353 e. The van der Waals surface area contributed by atoms with Crippen LogP contribution in [0, 0.1) is 0 Å². The number of aromatic nitrogens is 2. The smallest absolute Gasteiger partial charge is 0.170 e. The second-order valence-corrected chi connectivity index (χ2v) is 3.72. The first kappa shape index (κ1) is 10.0. The highest BCUT2D eigenvalue weighted by Gasteiger charge is 2.16. The average molecular weight is 206 g/mol. The maximum Gasteiger partial charge on any atom is 0.170 e. The second-order valence-electron chi connectivity index (χ2n) is 3.72. The Balaban J connectivity index is 2.11. The molecule has 1 saturated heterocycles. The van der Waals surface area contributed by atoms with Crippen molar-refractivity contribution in [3.8, 4) is 0 Å². The quantitative estimate of drug-likeness (QED) is 0.695. The van der Waals surface area contributed by atoms with Crippen LogP contribution in [-0.4, -0.2) is 41.9 Å². The van der Waals surface area contributed by atoms with E-state index < -0.39 is 0 Å². The Hall–Kier alpha value is -1.49. The van der Waals surface area contributed by atoms with Gasteiger partial charge in [0.1, 0.15) is 11.5 Å². The first-order chi connectivity index (χ1) is 7.29. The van der Waals surface area contributed by atoms with Crippen LogP contribution in [0.3, 0.4) is 0 Å². The lowest BCUT2D eigenvalue weighted by molar-refractivity contribution is 0.111. The van der Waals surface area contributed by atoms with Crippen LogP contribution >= 0.6 is 0 Å². The maximum absolute atomic E-state index is 10.4. The fourth-order valence-electron chi connectivity index (χ4n) is 1.70. The van der Waals surface area contributed by atoms with E-state index in [2.05, 4.69) is 27.1 Å². The lowest BCUT2D eigenvalue weighted by Gasteiger charge is -2.32. The second kappa shape index (κ2) is 4.35. The van der Waals surface area contributed by atoms with E-state index in [9.17, 15) is 4.79 Å². The van der Waals surface area contributed by atoms with Crippen molar-refractivity contribution in [2.75, 3.05) is 24.5 Å². The van der Waals surface area contributed by atoms with Crippen molar-refractivity contribution in [1.82, 2.24) is 15.3 Å². The molecule has 0 saturated carbocycles. The Bertz CT molecular complexity index is 338. The molecule has 5 nitrogen and oxygen atoms in total. The molecule has 0 aromatic carbocycles. The summed E-state index contributed by atoms with van der Waals surface area (Å²) in [5, 5.41) is 3.36. The van der Waals surface area contributed by atoms with Crippen LogP contribution in [0.4, 0.5) is 5.82 Å². The number of hydrogen-bond acceptors (Lipinski definition) is 5. The molecule has 1 aromatic heterocycles. The highest BCUT2D eigenvalue weighted by molar-refractivity contribution is 5.71. The number of anilines is 1. The zero-order chi connectivity index (χ0) is 10.7. The molecule has 5 heteroatoms. The van der Waals surface area contributed by atoms with E-state index in [1.165, 1.54) is 6.20 Å². The topological polar surface area (TPSA) is 58.1 Å². The average Bonchev–Trinajstić information content (AvgIpc) is 2.29. The van der Waals surface area contributed by atoms with Gasteiger partial charge in [-0.2, -0.15) is 0 Å². The van der Waals surface area contributed by atoms with Gasteiger partial charge in [-0.25, -0.2) is 9.97 Å². The van der Waals surface area contributed by atoms with Gasteiger partial charge < -0.3 is 10.2 Å². The zero-order valence-electron chi connectivity index (χ0n) is 8.68. The van der Waals surface area contributed by atoms with Crippen LogP contribution in [0.2, 0.25) is 0 Å². The molecule has 0 radical (unpaired) electrons. The highest BCUT2D eigenvalue weighted by Crippen LogP contribution is 2.10. The zero-order valence-corrected chi connectivity index (χ0v) is 8.68. The van der Waals surface area contributed by atoms with Crippen molar-refractivity contribution < 1.29 is 4.79 Å². The monoisotopic (exact) mass is 206 g/mol. The van der Waals surface area contributed by atoms with Crippen LogP contribution in [0.25, 0.3) is 0 Å². The van der Waals surface area contributed by atoms with Gasteiger partial charge >= 0.3 is 0 Å². The molecule has 0 bridgehead atoms. The summed E-state index contributed by atoms with van der Waals surface area (Å²) < 4.78 is 0. The molecule has 2 rings (SSSR count). The van der Waals surface area contributed by atoms with E-state index in [0.29, 0.717) is 18.0 Å². The highest BCUT2D eigenvalue weighted by atomic mass is 16.1. The van der Waals surface area contributed by atoms with Gasteiger partial charge in [-0.1, -0.05) is 0 Å². The molecule has 80 valence electrons. The summed E-state index contributed by atoms with van der Waals surface area (Å²) in [5.74, 6) is 0.842. The summed E-state index contributed by atoms with van der Waals surface area (Å²) in [6.07, 6.45) is 3.87. The van der Waals surface area contributed by atoms with E-state index in [4.69, 9.17) is 0 Å². The normalized spacial score (nSPS) is 21.4. The fraction of sp³-hybridized carbons (Fsp3) is 0.500. The van der Waals surface area contributed by atoms with Crippen molar-refractivity contribution in [2.24, 2.45) is 0 Å². The SMILES string of the molecule is CC1CN(c2cnc(C=O)cn2)CCN1. The third kappa shape index (κ3) is 2.30. The first-order valence-electron chi connectivity index (χ1n) is 5.05. The molecule has 0 aliphatic carbocycles. The number of nitrogens with one attached hydrogen (secondary N) is 1. The molecule has 1 aromatic rings. The Kier molecular flexibility index (Phi) is 2.91. The van der Waals surface area contributed by atoms with E-state index >= 15 is 0 Å². The summed E-state index contributed by atoms with van der Waals surface area (Å²) in [6.45, 7) is 4.95. The van der Waals surface area contributed by atoms with Crippen molar-refractivity contribution in [1.29, 1.82) is 0 Å². The van der Waals surface area contributed by atoms with Crippen LogP contribution in [0.15, 0.2) is 12.4 Å². The molecule has 0 amide bonds. The lowest BCUT2D eigenvalue weighted by atomic mass is 10.2. The standard InChI is InChI=1S/C10H14N4O/c1-8-6-14(3-2-11-8)10-5-12-9(7-15)4-13-10/h4-5,7-8,11H,2-3,6H2,1H3. The number of hydrogen-bond donors (Lipinski definition) is 1. The van der Waals surface area contributed by atoms with Gasteiger partial charge in [0.15, 0.2) is 6.29 Å². The van der Waals surface area contributed by atoms with E-state index in [0.717, 1.165) is 25.5 Å². The predicted molar refractivity (Wildman–Crippen MR) is 57.1 cm³/mol. The molecule has 2 heterocycles. The van der Waals surface area contributed by atoms with Gasteiger partial charge in [0.25, 0.3) is 0 Å². The van der Waals surface area contributed by atoms with Crippen molar-refractivity contribution >= 4 is 12.1 Å². The minimum atomic E-state index is 0.377. The van der Waals surface area contributed by atoms with E-state index in [-0.39, 0.29) is 0 Å². The van der Waals surface area contributed by atoms with Crippen LogP contribution in [0.1, 0.15) is 17.4 Å². The predicted octanol–water partition coefficient (Wildman–Crippen LogP) is 0.0872. The van der Waals surface area contributed by atoms with Crippen molar-refractivity contribution in [3.63, 3.8) is 0 Å². The molecule has 1 N–H and O–H groups in total. The third-order valence-electron chi connectivity index (χ3n) is 2.47. The molecule has 1 fully saturated rings. The van der Waals surface area contributed by atoms with Gasteiger partial charge in [-0.05, 0) is 6.92 Å². The number of carbonyl (C=O) groups is 1. The summed E-state index contributed by atoms with van der Waals surface area (Å²) in [5.41, 5.74) is 0.377. The van der Waals surface area contributed by atoms with E-state index in [1.807, 2.05) is 0 Å². The number of rotatable bonds is 2. The molecule has 1 aliphatic heterocycles. The summed E-state index contributed by atoms with van der Waals surface area (Å²) in [4.78, 5) is 20.8. The molecule has 1 aliphatic rings. The third-order valence-corrected chi connectivity index (χ3v) is 2.47. The number of carbonyl (C=O) groups excluding carboxylic acids is 1. The lowest BCUT2D eigenvalue weighted by Crippen LogP contribution is -2.49. The number of aldehydes is 1. The Morgan fingerprint density at radius 2 is 2.40 bits per heavy atom. The van der Waals surface area contributed by atoms with Gasteiger partial charge in [0, 0.05) is 25.7 Å². The number of piperazine rings is 1. The van der Waals surface area contributed by atoms with Crippen LogP contribution in [-0.2, 0) is 0 Å². The van der Waals surface area contributed by atoms with Gasteiger partial charge in [0.2, 0.25) is 0 Å². The van der Waals surface area contributed by atoms with E-state index in [1.54, 1.807) is 6.20 Å². The minimum absolute atomic E-state index is 0.377. The van der Waals surface area contributed by atoms with Crippen LogP contribution in [0.5, 0.6) is 0 Å². The fourth-order valence-corrected chi connectivity index (χ4v) is 1.70. The first-order valence-corrected chi connectivity index (χ1v) is 5.05. The van der Waals surface area contributed by atoms with Crippen LogP contribution < -0.4 is 10.2 Å². The molecular weight excluding hydrogens is 192 g/mol. The van der Waals surface area contributed by atoms with Crippen molar-refractivity contribution in [2.45, 2.75) is 13.0 Å². The molecule has 0 spiro atoms. The van der Waals surface area contributed by atoms with Gasteiger partial charge in [-0.3, -0.25) is 4.79 Å². The van der Waals surface area contributed by atoms with Gasteiger partial charge in [0.05, 0.1) is 12.4 Å². The summed E-state index contributed by atoms with van der Waals surface area (Å²) in [6, 6.07) is 0.464. The maximum atomic E-state index is 10.4. The Labute approximate surface area is 88.5 Å². The molecule has 15 heavy (non-hydrogen) atoms. The molecular formula is C10H14N4O. The molecule has 1 atom stereocenters. The Morgan fingerprint density at radius 1 is 1.53 bits per heavy atom. The summed E-state index contributed by atoms with van der Waals surface area (Å²) >= 11 is 0. The Morgan fingerprint density at radius 3 is 3.00 bits per heavy atom.